The molecule has 3 aliphatic carbocycles. The van der Waals surface area contributed by atoms with Gasteiger partial charge in [-0.05, 0) is 87.5 Å². The number of likely N-dealkylation sites (tertiary alicyclic amines) is 1. The van der Waals surface area contributed by atoms with Crippen LogP contribution in [0.5, 0.6) is 5.75 Å². The molecule has 1 amide bonds. The molecule has 0 aromatic heterocycles. The molecule has 4 aliphatic rings. The number of Topliss-reactive ketones (excluding diaryl/α,β-unsaturated/α-hetero) is 2. The normalized spacial score (nSPS) is 27.0. The van der Waals surface area contributed by atoms with Gasteiger partial charge in [-0.25, -0.2) is 0 Å². The number of piperidine rings is 1. The summed E-state index contributed by atoms with van der Waals surface area (Å²) < 4.78 is 0. The molecule has 46 heavy (non-hydrogen) atoms. The van der Waals surface area contributed by atoms with Gasteiger partial charge in [0.05, 0.1) is 11.6 Å². The second-order valence-corrected chi connectivity index (χ2v) is 13.6. The van der Waals surface area contributed by atoms with Crippen molar-refractivity contribution in [3.05, 3.63) is 75.6 Å². The third-order valence-electron chi connectivity index (χ3n) is 10.5. The van der Waals surface area contributed by atoms with Crippen LogP contribution in [0.4, 0.5) is 5.69 Å². The van der Waals surface area contributed by atoms with Crippen molar-refractivity contribution in [3.8, 4) is 5.75 Å². The van der Waals surface area contributed by atoms with Crippen LogP contribution in [0.3, 0.4) is 0 Å². The van der Waals surface area contributed by atoms with E-state index in [2.05, 4.69) is 29.2 Å². The van der Waals surface area contributed by atoms with Crippen molar-refractivity contribution in [3.63, 3.8) is 0 Å². The highest BCUT2D eigenvalue weighted by Gasteiger charge is 2.64. The van der Waals surface area contributed by atoms with Crippen LogP contribution in [-0.4, -0.2) is 101 Å². The number of benzene rings is 2. The third kappa shape index (κ3) is 4.80. The highest BCUT2D eigenvalue weighted by molar-refractivity contribution is 6.24. The van der Waals surface area contributed by atoms with Crippen LogP contribution in [0.25, 0.3) is 5.76 Å². The van der Waals surface area contributed by atoms with Crippen molar-refractivity contribution in [1.29, 1.82) is 0 Å². The molecule has 1 saturated heterocycles. The third-order valence-corrected chi connectivity index (χ3v) is 10.5. The van der Waals surface area contributed by atoms with Gasteiger partial charge in [-0.3, -0.25) is 24.2 Å². The van der Waals surface area contributed by atoms with Gasteiger partial charge < -0.3 is 31.1 Å². The van der Waals surface area contributed by atoms with E-state index in [1.807, 2.05) is 25.1 Å². The summed E-state index contributed by atoms with van der Waals surface area (Å²) in [7, 11) is 6.97. The van der Waals surface area contributed by atoms with Crippen LogP contribution in [0.15, 0.2) is 53.3 Å². The average molecular weight is 631 g/mol. The molecule has 6 rings (SSSR count). The molecule has 2 fully saturated rings. The van der Waals surface area contributed by atoms with Gasteiger partial charge in [0.2, 0.25) is 5.78 Å². The second-order valence-electron chi connectivity index (χ2n) is 13.6. The van der Waals surface area contributed by atoms with Crippen molar-refractivity contribution in [1.82, 2.24) is 9.80 Å². The Balaban J connectivity index is 1.39. The first-order valence-corrected chi connectivity index (χ1v) is 15.7. The monoisotopic (exact) mass is 630 g/mol. The summed E-state index contributed by atoms with van der Waals surface area (Å²) in [6, 6.07) is 11.0. The molecule has 1 heterocycles. The fraction of sp³-hybridized carbons (Fsp3) is 0.457. The Labute approximate surface area is 268 Å². The average Bonchev–Trinajstić information content (AvgIpc) is 2.99. The number of carbonyl (C=O) groups is 3. The summed E-state index contributed by atoms with van der Waals surface area (Å²) in [5.74, 6) is -6.04. The molecular formula is C35H42N4O7. The summed E-state index contributed by atoms with van der Waals surface area (Å²) in [5.41, 5.74) is 5.63. The van der Waals surface area contributed by atoms with E-state index in [0.29, 0.717) is 18.0 Å². The van der Waals surface area contributed by atoms with Crippen molar-refractivity contribution < 1.29 is 34.8 Å². The number of nitrogens with zero attached hydrogens (tertiary/aromatic N) is 3. The lowest BCUT2D eigenvalue weighted by atomic mass is 9.57. The van der Waals surface area contributed by atoms with E-state index in [4.69, 9.17) is 5.73 Å². The lowest BCUT2D eigenvalue weighted by molar-refractivity contribution is -0.153. The van der Waals surface area contributed by atoms with Crippen LogP contribution in [0.2, 0.25) is 0 Å². The number of aliphatic hydroxyl groups is 3. The summed E-state index contributed by atoms with van der Waals surface area (Å²) in [6.45, 7) is 2.37. The molecule has 2 aromatic carbocycles. The van der Waals surface area contributed by atoms with Gasteiger partial charge >= 0.3 is 0 Å². The number of likely N-dealkylation sites (N-methyl/N-ethyl adjacent to an activating group) is 1. The molecular weight excluding hydrogens is 588 g/mol. The van der Waals surface area contributed by atoms with E-state index in [1.54, 1.807) is 20.2 Å². The van der Waals surface area contributed by atoms with Crippen LogP contribution >= 0.6 is 0 Å². The predicted molar refractivity (Wildman–Crippen MR) is 172 cm³/mol. The molecule has 6 N–H and O–H groups in total. The first-order valence-electron chi connectivity index (χ1n) is 15.7. The van der Waals surface area contributed by atoms with E-state index in [0.717, 1.165) is 37.2 Å². The van der Waals surface area contributed by atoms with E-state index in [-0.39, 0.29) is 29.7 Å². The van der Waals surface area contributed by atoms with Gasteiger partial charge in [0.1, 0.15) is 22.8 Å². The Hall–Kier alpha value is -4.19. The lowest BCUT2D eigenvalue weighted by Gasteiger charge is -2.50. The number of ketones is 2. The van der Waals surface area contributed by atoms with Crippen molar-refractivity contribution in [2.24, 2.45) is 17.6 Å². The topological polar surface area (TPSA) is 168 Å². The zero-order chi connectivity index (χ0) is 33.2. The first-order chi connectivity index (χ1) is 21.8. The number of carbonyl (C=O) groups excluding carboxylic acids is 3. The quantitative estimate of drug-likeness (QED) is 0.299. The minimum absolute atomic E-state index is 0.0522. The fourth-order valence-corrected chi connectivity index (χ4v) is 8.44. The number of hydrogen-bond donors (Lipinski definition) is 5. The van der Waals surface area contributed by atoms with Crippen LogP contribution in [0, 0.1) is 11.8 Å². The number of phenolic OH excluding ortho intramolecular Hbond substituents is 1. The molecule has 4 atom stereocenters. The molecule has 11 nitrogen and oxygen atoms in total. The summed E-state index contributed by atoms with van der Waals surface area (Å²) in [4.78, 5) is 45.5. The van der Waals surface area contributed by atoms with Gasteiger partial charge in [-0.2, -0.15) is 0 Å². The van der Waals surface area contributed by atoms with Gasteiger partial charge in [0.25, 0.3) is 5.91 Å². The summed E-state index contributed by atoms with van der Waals surface area (Å²) in [6.07, 6.45) is 2.34. The lowest BCUT2D eigenvalue weighted by Crippen LogP contribution is -2.65. The number of aromatic hydroxyl groups is 1. The SMILES string of the molecule is CN(C)c1c(CN2CCC(c3ccccc3)CC2)cc(O)c2c1C[C@H]1C[C@H]3[C@H](N(C)C)C(=O)C(C(N)=O)=C(O)[C@@]3(O)C(=O)C1=C2O. The minimum Gasteiger partial charge on any atom is -0.508 e. The second kappa shape index (κ2) is 11.6. The van der Waals surface area contributed by atoms with Crippen LogP contribution < -0.4 is 10.6 Å². The van der Waals surface area contributed by atoms with Crippen molar-refractivity contribution in [2.75, 3.05) is 46.2 Å². The van der Waals surface area contributed by atoms with E-state index in [9.17, 15) is 34.8 Å². The van der Waals surface area contributed by atoms with Crippen molar-refractivity contribution >= 4 is 28.9 Å². The number of nitrogens with two attached hydrogens (primary N) is 1. The van der Waals surface area contributed by atoms with E-state index >= 15 is 0 Å². The standard InChI is InChI=1S/C35H42N4O7/c1-37(2)28-21(17-39-12-10-19(11-13-39)18-8-6-5-7-9-18)16-24(40)26-22(28)14-20-15-23-29(38(3)4)31(42)27(34(36)45)33(44)35(23,46)32(43)25(20)30(26)41/h5-9,16,19-20,23,29,40-41,44,46H,10-15,17H2,1-4H3,(H2,36,45)/t20-,23-,29-,35-/m0/s1. The summed E-state index contributed by atoms with van der Waals surface area (Å²) >= 11 is 0. The minimum atomic E-state index is -2.66. The first kappa shape index (κ1) is 31.8. The number of hydrogen-bond acceptors (Lipinski definition) is 10. The molecule has 11 heteroatoms. The van der Waals surface area contributed by atoms with Gasteiger partial charge in [-0.15, -0.1) is 0 Å². The van der Waals surface area contributed by atoms with E-state index in [1.165, 1.54) is 10.5 Å². The Morgan fingerprint density at radius 2 is 1.67 bits per heavy atom. The molecule has 2 aromatic rings. The Kier molecular flexibility index (Phi) is 7.98. The smallest absolute Gasteiger partial charge is 0.255 e. The van der Waals surface area contributed by atoms with Crippen LogP contribution in [0.1, 0.15) is 47.4 Å². The summed E-state index contributed by atoms with van der Waals surface area (Å²) in [5, 5.41) is 45.9. The number of primary amides is 1. The zero-order valence-corrected chi connectivity index (χ0v) is 26.7. The zero-order valence-electron chi connectivity index (χ0n) is 26.7. The van der Waals surface area contributed by atoms with Gasteiger partial charge in [-0.1, -0.05) is 30.3 Å². The molecule has 0 radical (unpaired) electrons. The van der Waals surface area contributed by atoms with E-state index < -0.39 is 58.0 Å². The number of amides is 1. The number of aliphatic hydroxyl groups excluding tert-OH is 2. The van der Waals surface area contributed by atoms with Crippen molar-refractivity contribution in [2.45, 2.75) is 49.8 Å². The predicted octanol–water partition coefficient (Wildman–Crippen LogP) is 2.41. The maximum Gasteiger partial charge on any atom is 0.255 e. The molecule has 1 saturated carbocycles. The fourth-order valence-electron chi connectivity index (χ4n) is 8.44. The highest BCUT2D eigenvalue weighted by atomic mass is 16.3. The number of fused-ring (bicyclic) bond motifs is 3. The largest absolute Gasteiger partial charge is 0.508 e. The number of anilines is 1. The number of phenols is 1. The maximum atomic E-state index is 14.1. The molecule has 0 spiro atoms. The molecule has 1 aliphatic heterocycles. The van der Waals surface area contributed by atoms with Gasteiger partial charge in [0, 0.05) is 37.8 Å². The molecule has 0 bridgehead atoms. The Morgan fingerprint density at radius 1 is 1.02 bits per heavy atom. The molecule has 0 unspecified atom stereocenters. The Bertz CT molecular complexity index is 1670. The highest BCUT2D eigenvalue weighted by Crippen LogP contribution is 2.54. The van der Waals surface area contributed by atoms with Crippen LogP contribution in [-0.2, 0) is 27.3 Å². The Morgan fingerprint density at radius 3 is 2.26 bits per heavy atom. The maximum absolute atomic E-state index is 14.1. The molecule has 244 valence electrons. The number of rotatable bonds is 6. The van der Waals surface area contributed by atoms with Gasteiger partial charge in [0.15, 0.2) is 11.4 Å².